The summed E-state index contributed by atoms with van der Waals surface area (Å²) >= 11 is 0. The molecule has 0 unspecified atom stereocenters. The van der Waals surface area contributed by atoms with Gasteiger partial charge in [-0.1, -0.05) is 13.3 Å². The quantitative estimate of drug-likeness (QED) is 0.603. The molecule has 74 valence electrons. The van der Waals surface area contributed by atoms with Crippen molar-refractivity contribution < 1.29 is 0 Å². The summed E-state index contributed by atoms with van der Waals surface area (Å²) in [5.74, 6) is 0. The first-order valence-electron chi connectivity index (χ1n) is 5.66. The largest absolute Gasteiger partial charge is 0.309 e. The average Bonchev–Trinajstić information content (AvgIpc) is 2.37. The molecule has 0 spiro atoms. The number of nitrogens with zero attached hydrogens (tertiary/aromatic N) is 1. The van der Waals surface area contributed by atoms with Gasteiger partial charge in [-0.15, -0.1) is 0 Å². The van der Waals surface area contributed by atoms with Gasteiger partial charge in [0.1, 0.15) is 0 Å². The van der Waals surface area contributed by atoms with Gasteiger partial charge in [0.05, 0.1) is 0 Å². The maximum Gasteiger partial charge on any atom is 0.0204 e. The lowest BCUT2D eigenvalue weighted by Gasteiger charge is -2.49. The highest BCUT2D eigenvalue weighted by molar-refractivity contribution is 5.11. The number of likely N-dealkylation sites (N-methyl/N-ethyl adjacent to an activating group) is 1. The van der Waals surface area contributed by atoms with Crippen LogP contribution in [-0.2, 0) is 0 Å². The Morgan fingerprint density at radius 3 is 3.08 bits per heavy atom. The fourth-order valence-electron chi connectivity index (χ4n) is 4.15. The zero-order chi connectivity index (χ0) is 9.05. The Bertz CT molecular complexity index is 228. The zero-order valence-electron chi connectivity index (χ0n) is 8.71. The summed E-state index contributed by atoms with van der Waals surface area (Å²) < 4.78 is 0. The smallest absolute Gasteiger partial charge is 0.0204 e. The van der Waals surface area contributed by atoms with Crippen LogP contribution in [0.3, 0.4) is 0 Å². The van der Waals surface area contributed by atoms with E-state index in [9.17, 15) is 0 Å². The van der Waals surface area contributed by atoms with Gasteiger partial charge in [-0.2, -0.15) is 0 Å². The molecule has 2 aliphatic heterocycles. The van der Waals surface area contributed by atoms with Gasteiger partial charge < -0.3 is 10.2 Å². The van der Waals surface area contributed by atoms with Crippen molar-refractivity contribution in [2.45, 2.75) is 50.7 Å². The second-order valence-corrected chi connectivity index (χ2v) is 5.51. The minimum Gasteiger partial charge on any atom is -0.309 e. The summed E-state index contributed by atoms with van der Waals surface area (Å²) in [7, 11) is 2.31. The lowest BCUT2D eigenvalue weighted by molar-refractivity contribution is 0.0296. The van der Waals surface area contributed by atoms with Crippen LogP contribution in [0, 0.1) is 5.41 Å². The van der Waals surface area contributed by atoms with Crippen LogP contribution >= 0.6 is 0 Å². The van der Waals surface area contributed by atoms with Crippen LogP contribution in [0.2, 0.25) is 0 Å². The highest BCUT2D eigenvalue weighted by Gasteiger charge is 2.54. The summed E-state index contributed by atoms with van der Waals surface area (Å²) in [4.78, 5) is 2.60. The molecule has 1 aliphatic carbocycles. The fourth-order valence-corrected chi connectivity index (χ4v) is 4.15. The molecule has 2 heterocycles. The van der Waals surface area contributed by atoms with Gasteiger partial charge in [0, 0.05) is 24.7 Å². The molecular formula is C11H20N2. The first-order valence-corrected chi connectivity index (χ1v) is 5.66. The highest BCUT2D eigenvalue weighted by atomic mass is 15.2. The van der Waals surface area contributed by atoms with E-state index in [0.29, 0.717) is 5.41 Å². The normalized spacial score (nSPS) is 55.4. The third-order valence-electron chi connectivity index (χ3n) is 4.69. The summed E-state index contributed by atoms with van der Waals surface area (Å²) in [5.41, 5.74) is 0.593. The fraction of sp³-hybridized carbons (Fsp3) is 1.00. The van der Waals surface area contributed by atoms with Gasteiger partial charge in [-0.05, 0) is 31.7 Å². The van der Waals surface area contributed by atoms with Crippen LogP contribution in [0.25, 0.3) is 0 Å². The van der Waals surface area contributed by atoms with Crippen molar-refractivity contribution in [1.29, 1.82) is 0 Å². The first-order chi connectivity index (χ1) is 6.20. The summed E-state index contributed by atoms with van der Waals surface area (Å²) in [5, 5.41) is 3.81. The Labute approximate surface area is 80.7 Å². The Balaban J connectivity index is 1.98. The van der Waals surface area contributed by atoms with E-state index in [1.807, 2.05) is 0 Å². The van der Waals surface area contributed by atoms with Gasteiger partial charge in [-0.25, -0.2) is 0 Å². The first kappa shape index (κ1) is 8.25. The predicted octanol–water partition coefficient (Wildman–Crippen LogP) is 1.22. The average molecular weight is 180 g/mol. The van der Waals surface area contributed by atoms with Crippen molar-refractivity contribution in [2.75, 3.05) is 13.6 Å². The lowest BCUT2D eigenvalue weighted by Crippen LogP contribution is -2.54. The molecule has 0 aromatic carbocycles. The number of likely N-dealkylation sites (tertiary alicyclic amines) is 1. The molecule has 2 nitrogen and oxygen atoms in total. The number of nitrogens with one attached hydrogen (secondary N) is 1. The molecule has 3 fully saturated rings. The SMILES string of the molecule is CN1C[C@@H]2C[C@@]3(C)[C@H](CCC[C@@H]13)N2. The number of rotatable bonds is 0. The van der Waals surface area contributed by atoms with Crippen LogP contribution < -0.4 is 5.32 Å². The van der Waals surface area contributed by atoms with E-state index >= 15 is 0 Å². The molecule has 13 heavy (non-hydrogen) atoms. The predicted molar refractivity (Wildman–Crippen MR) is 53.7 cm³/mol. The molecule has 0 aromatic heterocycles. The molecule has 3 rings (SSSR count). The van der Waals surface area contributed by atoms with E-state index in [-0.39, 0.29) is 0 Å². The summed E-state index contributed by atoms with van der Waals surface area (Å²) in [6, 6.07) is 2.47. The van der Waals surface area contributed by atoms with Gasteiger partial charge in [0.2, 0.25) is 0 Å². The van der Waals surface area contributed by atoms with E-state index in [0.717, 1.165) is 18.1 Å². The number of hydrogen-bond acceptors (Lipinski definition) is 2. The molecule has 1 N–H and O–H groups in total. The highest BCUT2D eigenvalue weighted by Crippen LogP contribution is 2.49. The Hall–Kier alpha value is -0.0800. The second-order valence-electron chi connectivity index (χ2n) is 5.51. The van der Waals surface area contributed by atoms with E-state index in [4.69, 9.17) is 0 Å². The van der Waals surface area contributed by atoms with Crippen molar-refractivity contribution in [2.24, 2.45) is 5.41 Å². The molecule has 2 saturated heterocycles. The Morgan fingerprint density at radius 1 is 1.38 bits per heavy atom. The molecule has 0 amide bonds. The van der Waals surface area contributed by atoms with E-state index in [2.05, 4.69) is 24.2 Å². The number of piperidine rings is 1. The molecule has 0 aromatic rings. The summed E-state index contributed by atoms with van der Waals surface area (Å²) in [6.07, 6.45) is 5.69. The molecule has 2 bridgehead atoms. The van der Waals surface area contributed by atoms with Gasteiger partial charge >= 0.3 is 0 Å². The van der Waals surface area contributed by atoms with Crippen molar-refractivity contribution in [3.63, 3.8) is 0 Å². The Morgan fingerprint density at radius 2 is 2.23 bits per heavy atom. The molecule has 4 atom stereocenters. The van der Waals surface area contributed by atoms with Crippen LogP contribution in [0.5, 0.6) is 0 Å². The molecule has 3 aliphatic rings. The lowest BCUT2D eigenvalue weighted by atomic mass is 9.66. The van der Waals surface area contributed by atoms with Crippen LogP contribution in [0.1, 0.15) is 32.6 Å². The molecule has 0 radical (unpaired) electrons. The van der Waals surface area contributed by atoms with Gasteiger partial charge in [0.15, 0.2) is 0 Å². The monoisotopic (exact) mass is 180 g/mol. The molecular weight excluding hydrogens is 160 g/mol. The van der Waals surface area contributed by atoms with Crippen LogP contribution in [0.15, 0.2) is 0 Å². The third-order valence-corrected chi connectivity index (χ3v) is 4.69. The van der Waals surface area contributed by atoms with Gasteiger partial charge in [-0.3, -0.25) is 0 Å². The van der Waals surface area contributed by atoms with Crippen molar-refractivity contribution in [1.82, 2.24) is 10.2 Å². The summed E-state index contributed by atoms with van der Waals surface area (Å²) in [6.45, 7) is 3.78. The number of hydrogen-bond donors (Lipinski definition) is 1. The van der Waals surface area contributed by atoms with Crippen molar-refractivity contribution in [3.05, 3.63) is 0 Å². The van der Waals surface area contributed by atoms with Crippen molar-refractivity contribution >= 4 is 0 Å². The Kier molecular flexibility index (Phi) is 1.58. The van der Waals surface area contributed by atoms with E-state index < -0.39 is 0 Å². The maximum atomic E-state index is 3.81. The van der Waals surface area contributed by atoms with Crippen LogP contribution in [0.4, 0.5) is 0 Å². The maximum absolute atomic E-state index is 3.81. The second kappa shape index (κ2) is 2.48. The standard InChI is InChI=1S/C11H20N2/c1-11-6-8-7-13(2)10(11)5-3-4-9(11)12-8/h8-10,12H,3-7H2,1-2H3/t8-,9-,10+,11-/m0/s1. The molecule has 2 heteroatoms. The topological polar surface area (TPSA) is 15.3 Å². The van der Waals surface area contributed by atoms with Crippen LogP contribution in [-0.4, -0.2) is 36.6 Å². The molecule has 1 saturated carbocycles. The zero-order valence-corrected chi connectivity index (χ0v) is 8.71. The minimum absolute atomic E-state index is 0.593. The van der Waals surface area contributed by atoms with Crippen molar-refractivity contribution in [3.8, 4) is 0 Å². The van der Waals surface area contributed by atoms with Gasteiger partial charge in [0.25, 0.3) is 0 Å². The van der Waals surface area contributed by atoms with E-state index in [1.54, 1.807) is 0 Å². The minimum atomic E-state index is 0.593. The number of fused-ring (bicyclic) bond motifs is 1. The third kappa shape index (κ3) is 0.962. The van der Waals surface area contributed by atoms with E-state index in [1.165, 1.54) is 32.2 Å².